The third-order valence-electron chi connectivity index (χ3n) is 4.72. The molecule has 2 aliphatic heterocycles. The molecule has 0 bridgehead atoms. The van der Waals surface area contributed by atoms with Gasteiger partial charge in [-0.2, -0.15) is 0 Å². The van der Waals surface area contributed by atoms with Crippen molar-refractivity contribution < 1.29 is 9.18 Å². The standard InChI is InChI=1S/C18H12FN3O2/c1-21-7-9-4-12-14(5-10(9)8-21)20-17-16(23)13-6-11(19)2-3-15(13)22(17)18(12)24/h2-6H,7-8H2,1H3. The van der Waals surface area contributed by atoms with Crippen molar-refractivity contribution in [2.24, 2.45) is 0 Å². The number of carbonyl (C=O) groups is 1. The Morgan fingerprint density at radius 1 is 1.08 bits per heavy atom. The Kier molecular flexibility index (Phi) is 2.46. The molecule has 0 unspecified atom stereocenters. The van der Waals surface area contributed by atoms with E-state index in [4.69, 9.17) is 0 Å². The summed E-state index contributed by atoms with van der Waals surface area (Å²) in [7, 11) is 2.01. The lowest BCUT2D eigenvalue weighted by atomic mass is 10.1. The topological polar surface area (TPSA) is 55.2 Å². The molecule has 6 heteroatoms. The van der Waals surface area contributed by atoms with Gasteiger partial charge in [0.2, 0.25) is 5.78 Å². The fourth-order valence-electron chi connectivity index (χ4n) is 3.63. The summed E-state index contributed by atoms with van der Waals surface area (Å²) in [6, 6.07) is 7.60. The van der Waals surface area contributed by atoms with Crippen LogP contribution < -0.4 is 5.56 Å². The van der Waals surface area contributed by atoms with E-state index in [0.29, 0.717) is 16.6 Å². The molecule has 0 aliphatic carbocycles. The predicted molar refractivity (Wildman–Crippen MR) is 85.9 cm³/mol. The van der Waals surface area contributed by atoms with Gasteiger partial charge in [-0.1, -0.05) is 0 Å². The lowest BCUT2D eigenvalue weighted by molar-refractivity contribution is 0.103. The first-order valence-corrected chi connectivity index (χ1v) is 7.64. The first-order chi connectivity index (χ1) is 11.5. The van der Waals surface area contributed by atoms with Crippen LogP contribution in [0.3, 0.4) is 0 Å². The molecule has 5 nitrogen and oxygen atoms in total. The summed E-state index contributed by atoms with van der Waals surface area (Å²) >= 11 is 0. The smallest absolute Gasteiger partial charge is 0.266 e. The first kappa shape index (κ1) is 13.6. The number of carbonyl (C=O) groups excluding carboxylic acids is 1. The molecule has 0 saturated carbocycles. The summed E-state index contributed by atoms with van der Waals surface area (Å²) in [5.41, 5.74) is 3.03. The molecular weight excluding hydrogens is 309 g/mol. The summed E-state index contributed by atoms with van der Waals surface area (Å²) in [5, 5.41) is 0.484. The summed E-state index contributed by atoms with van der Waals surface area (Å²) in [5.74, 6) is -0.866. The lowest BCUT2D eigenvalue weighted by Crippen LogP contribution is -2.21. The van der Waals surface area contributed by atoms with E-state index in [-0.39, 0.29) is 16.9 Å². The highest BCUT2D eigenvalue weighted by molar-refractivity contribution is 6.13. The van der Waals surface area contributed by atoms with Crippen molar-refractivity contribution in [3.8, 4) is 5.69 Å². The molecule has 0 spiro atoms. The molecule has 0 N–H and O–H groups in total. The summed E-state index contributed by atoms with van der Waals surface area (Å²) in [6.07, 6.45) is 0. The molecule has 0 atom stereocenters. The van der Waals surface area contributed by atoms with Crippen LogP contribution in [0.15, 0.2) is 35.1 Å². The SMILES string of the molecule is CN1Cc2cc3nc4n(c(=O)c3cc2C1)-c1ccc(F)cc1C4=O. The number of ketones is 1. The van der Waals surface area contributed by atoms with E-state index in [0.717, 1.165) is 30.3 Å². The molecule has 3 aromatic rings. The van der Waals surface area contributed by atoms with Gasteiger partial charge in [0.25, 0.3) is 5.56 Å². The third-order valence-corrected chi connectivity index (χ3v) is 4.72. The van der Waals surface area contributed by atoms with Crippen LogP contribution in [-0.2, 0) is 13.1 Å². The Bertz CT molecular complexity index is 1130. The maximum Gasteiger partial charge on any atom is 0.266 e. The highest BCUT2D eigenvalue weighted by atomic mass is 19.1. The minimum absolute atomic E-state index is 0.0550. The normalized spacial score (nSPS) is 15.7. The van der Waals surface area contributed by atoms with Crippen molar-refractivity contribution in [1.82, 2.24) is 14.5 Å². The fraction of sp³-hybridized carbons (Fsp3) is 0.167. The van der Waals surface area contributed by atoms with E-state index in [1.54, 1.807) is 0 Å². The molecule has 0 radical (unpaired) electrons. The molecule has 1 aromatic heterocycles. The van der Waals surface area contributed by atoms with Crippen molar-refractivity contribution in [3.63, 3.8) is 0 Å². The van der Waals surface area contributed by atoms with Crippen LogP contribution in [0, 0.1) is 5.82 Å². The van der Waals surface area contributed by atoms with Crippen LogP contribution >= 0.6 is 0 Å². The minimum atomic E-state index is -0.505. The Balaban J connectivity index is 1.86. The van der Waals surface area contributed by atoms with Crippen molar-refractivity contribution in [1.29, 1.82) is 0 Å². The van der Waals surface area contributed by atoms with Gasteiger partial charge in [0, 0.05) is 13.1 Å². The Hall–Kier alpha value is -2.86. The van der Waals surface area contributed by atoms with E-state index in [9.17, 15) is 14.0 Å². The second-order valence-corrected chi connectivity index (χ2v) is 6.38. The van der Waals surface area contributed by atoms with Crippen LogP contribution in [-0.4, -0.2) is 27.3 Å². The maximum atomic E-state index is 13.5. The number of fused-ring (bicyclic) bond motifs is 5. The zero-order valence-electron chi connectivity index (χ0n) is 12.8. The zero-order chi connectivity index (χ0) is 16.6. The van der Waals surface area contributed by atoms with Crippen LogP contribution in [0.2, 0.25) is 0 Å². The molecule has 118 valence electrons. The molecule has 0 fully saturated rings. The van der Waals surface area contributed by atoms with E-state index in [1.165, 1.54) is 16.7 Å². The molecule has 5 rings (SSSR count). The first-order valence-electron chi connectivity index (χ1n) is 7.64. The van der Waals surface area contributed by atoms with Gasteiger partial charge in [-0.3, -0.25) is 19.1 Å². The van der Waals surface area contributed by atoms with Crippen LogP contribution in [0.25, 0.3) is 16.6 Å². The molecule has 3 heterocycles. The van der Waals surface area contributed by atoms with Crippen LogP contribution in [0.4, 0.5) is 4.39 Å². The average molecular weight is 321 g/mol. The molecule has 2 aliphatic rings. The number of halogens is 1. The number of aromatic nitrogens is 2. The molecule has 24 heavy (non-hydrogen) atoms. The molecular formula is C18H12FN3O2. The third kappa shape index (κ3) is 1.63. The average Bonchev–Trinajstić information content (AvgIpc) is 3.04. The summed E-state index contributed by atoms with van der Waals surface area (Å²) in [4.78, 5) is 32.1. The highest BCUT2D eigenvalue weighted by Gasteiger charge is 2.31. The quantitative estimate of drug-likeness (QED) is 0.497. The van der Waals surface area contributed by atoms with E-state index in [1.807, 2.05) is 19.2 Å². The maximum absolute atomic E-state index is 13.5. The van der Waals surface area contributed by atoms with Gasteiger partial charge in [-0.25, -0.2) is 9.37 Å². The largest absolute Gasteiger partial charge is 0.298 e. The lowest BCUT2D eigenvalue weighted by Gasteiger charge is -2.07. The Morgan fingerprint density at radius 2 is 1.83 bits per heavy atom. The summed E-state index contributed by atoms with van der Waals surface area (Å²) in [6.45, 7) is 1.58. The Labute approximate surface area is 136 Å². The predicted octanol–water partition coefficient (Wildman–Crippen LogP) is 2.01. The van der Waals surface area contributed by atoms with Crippen molar-refractivity contribution in [2.75, 3.05) is 7.05 Å². The van der Waals surface area contributed by atoms with Crippen molar-refractivity contribution >= 4 is 16.7 Å². The monoisotopic (exact) mass is 321 g/mol. The summed E-state index contributed by atoms with van der Waals surface area (Å²) < 4.78 is 14.8. The number of benzene rings is 2. The minimum Gasteiger partial charge on any atom is -0.298 e. The molecule has 0 saturated heterocycles. The van der Waals surface area contributed by atoms with Crippen LogP contribution in [0.5, 0.6) is 0 Å². The van der Waals surface area contributed by atoms with Gasteiger partial charge in [0.1, 0.15) is 5.82 Å². The highest BCUT2D eigenvalue weighted by Crippen LogP contribution is 2.29. The molecule has 0 amide bonds. The number of rotatable bonds is 0. The van der Waals surface area contributed by atoms with Gasteiger partial charge >= 0.3 is 0 Å². The Morgan fingerprint density at radius 3 is 2.62 bits per heavy atom. The van der Waals surface area contributed by atoms with Gasteiger partial charge < -0.3 is 0 Å². The number of hydrogen-bond acceptors (Lipinski definition) is 4. The van der Waals surface area contributed by atoms with E-state index < -0.39 is 11.6 Å². The fourth-order valence-corrected chi connectivity index (χ4v) is 3.63. The second kappa shape index (κ2) is 4.36. The number of hydrogen-bond donors (Lipinski definition) is 0. The van der Waals surface area contributed by atoms with E-state index in [2.05, 4.69) is 9.88 Å². The van der Waals surface area contributed by atoms with Gasteiger partial charge in [0.05, 0.1) is 22.2 Å². The van der Waals surface area contributed by atoms with Gasteiger partial charge in [-0.15, -0.1) is 0 Å². The van der Waals surface area contributed by atoms with Crippen molar-refractivity contribution in [3.05, 3.63) is 69.0 Å². The zero-order valence-corrected chi connectivity index (χ0v) is 12.8. The van der Waals surface area contributed by atoms with E-state index >= 15 is 0 Å². The number of nitrogens with zero attached hydrogens (tertiary/aromatic N) is 3. The molecule has 2 aromatic carbocycles. The van der Waals surface area contributed by atoms with Gasteiger partial charge in [-0.05, 0) is 48.5 Å². The van der Waals surface area contributed by atoms with Crippen molar-refractivity contribution in [2.45, 2.75) is 13.1 Å². The second-order valence-electron chi connectivity index (χ2n) is 6.38. The van der Waals surface area contributed by atoms with Gasteiger partial charge in [0.15, 0.2) is 5.82 Å². The van der Waals surface area contributed by atoms with Crippen LogP contribution in [0.1, 0.15) is 27.3 Å².